The molecule has 0 aliphatic heterocycles. The van der Waals surface area contributed by atoms with Gasteiger partial charge in [0.25, 0.3) is 0 Å². The normalized spacial score (nSPS) is 15.1. The molecule has 1 rings (SSSR count). The molecule has 0 bridgehead atoms. The number of aliphatic hydroxyl groups excluding tert-OH is 1. The molecular weight excluding hydrogens is 460 g/mol. The van der Waals surface area contributed by atoms with Crippen LogP contribution in [0.15, 0.2) is 30.3 Å². The monoisotopic (exact) mass is 494 g/mol. The Morgan fingerprint density at radius 2 is 1.51 bits per heavy atom. The van der Waals surface area contributed by atoms with Gasteiger partial charge in [0.15, 0.2) is 0 Å². The number of hydrogen-bond donors (Lipinski definition) is 7. The number of benzene rings is 1. The number of hydrogen-bond acceptors (Lipinski definition) is 7. The van der Waals surface area contributed by atoms with Crippen LogP contribution >= 0.6 is 0 Å². The maximum Gasteiger partial charge on any atom is 0.326 e. The number of rotatable bonds is 15. The Bertz CT molecular complexity index is 880. The molecule has 0 spiro atoms. The van der Waals surface area contributed by atoms with E-state index in [4.69, 9.17) is 15.9 Å². The van der Waals surface area contributed by atoms with Gasteiger partial charge in [-0.25, -0.2) is 4.79 Å². The summed E-state index contributed by atoms with van der Waals surface area (Å²) in [6.07, 6.45) is -0.324. The Morgan fingerprint density at radius 3 is 2.03 bits per heavy atom. The molecule has 35 heavy (non-hydrogen) atoms. The molecule has 1 aromatic carbocycles. The van der Waals surface area contributed by atoms with Crippen molar-refractivity contribution in [1.82, 2.24) is 16.0 Å². The number of nitrogens with one attached hydrogen (secondary N) is 3. The molecule has 5 atom stereocenters. The summed E-state index contributed by atoms with van der Waals surface area (Å²) >= 11 is 0. The average molecular weight is 495 g/mol. The van der Waals surface area contributed by atoms with Crippen molar-refractivity contribution >= 4 is 29.7 Å². The molecule has 0 aliphatic rings. The van der Waals surface area contributed by atoms with Gasteiger partial charge in [-0.3, -0.25) is 19.2 Å². The highest BCUT2D eigenvalue weighted by atomic mass is 16.4. The van der Waals surface area contributed by atoms with Crippen molar-refractivity contribution in [2.45, 2.75) is 63.7 Å². The minimum absolute atomic E-state index is 0.0217. The highest BCUT2D eigenvalue weighted by molar-refractivity contribution is 5.94. The van der Waals surface area contributed by atoms with Crippen molar-refractivity contribution in [3.05, 3.63) is 35.9 Å². The first-order chi connectivity index (χ1) is 16.5. The zero-order valence-corrected chi connectivity index (χ0v) is 19.8. The second-order valence-corrected chi connectivity index (χ2v) is 8.24. The summed E-state index contributed by atoms with van der Waals surface area (Å²) in [4.78, 5) is 60.9. The lowest BCUT2D eigenvalue weighted by Gasteiger charge is -2.27. The number of carboxylic acids is 2. The predicted molar refractivity (Wildman–Crippen MR) is 125 cm³/mol. The number of aliphatic carboxylic acids is 2. The fourth-order valence-corrected chi connectivity index (χ4v) is 3.17. The second kappa shape index (κ2) is 14.7. The largest absolute Gasteiger partial charge is 0.481 e. The number of nitrogens with two attached hydrogens (primary N) is 1. The molecule has 0 fully saturated rings. The minimum atomic E-state index is -1.37. The topological polar surface area (TPSA) is 208 Å². The van der Waals surface area contributed by atoms with Crippen molar-refractivity contribution in [2.24, 2.45) is 11.7 Å². The van der Waals surface area contributed by atoms with Crippen LogP contribution in [-0.2, 0) is 30.4 Å². The van der Waals surface area contributed by atoms with Gasteiger partial charge in [0.2, 0.25) is 17.7 Å². The van der Waals surface area contributed by atoms with Crippen LogP contribution in [0.1, 0.15) is 38.7 Å². The first kappa shape index (κ1) is 29.5. The summed E-state index contributed by atoms with van der Waals surface area (Å²) in [5, 5.41) is 34.9. The molecule has 0 aliphatic carbocycles. The van der Waals surface area contributed by atoms with Crippen molar-refractivity contribution in [1.29, 1.82) is 0 Å². The van der Waals surface area contributed by atoms with Crippen molar-refractivity contribution in [3.8, 4) is 0 Å². The molecule has 12 heteroatoms. The van der Waals surface area contributed by atoms with E-state index < -0.39 is 72.8 Å². The summed E-state index contributed by atoms with van der Waals surface area (Å²) in [5.74, 6) is -5.31. The molecule has 0 radical (unpaired) electrons. The van der Waals surface area contributed by atoms with Crippen LogP contribution < -0.4 is 21.7 Å². The van der Waals surface area contributed by atoms with E-state index in [-0.39, 0.29) is 12.8 Å². The highest BCUT2D eigenvalue weighted by Gasteiger charge is 2.32. The van der Waals surface area contributed by atoms with Gasteiger partial charge in [-0.05, 0) is 17.9 Å². The quantitative estimate of drug-likeness (QED) is 0.159. The van der Waals surface area contributed by atoms with Gasteiger partial charge >= 0.3 is 11.9 Å². The van der Waals surface area contributed by atoms with E-state index in [9.17, 15) is 29.1 Å². The standard InChI is InChI=1S/C23H34N4O8/c1-3-13(2)19(27-20(31)15(24)12-28)22(33)25-16(9-10-18(29)30)21(32)26-17(23(34)35)11-14-7-5-4-6-8-14/h4-8,13,15-17,19,28H,3,9-12,24H2,1-2H3,(H,25,33)(H,26,32)(H,27,31)(H,29,30)(H,34,35). The fraction of sp³-hybridized carbons (Fsp3) is 0.522. The van der Waals surface area contributed by atoms with E-state index in [0.717, 1.165) is 0 Å². The smallest absolute Gasteiger partial charge is 0.326 e. The highest BCUT2D eigenvalue weighted by Crippen LogP contribution is 2.10. The Hall–Kier alpha value is -3.51. The zero-order valence-electron chi connectivity index (χ0n) is 19.8. The lowest BCUT2D eigenvalue weighted by atomic mass is 9.97. The van der Waals surface area contributed by atoms with Crippen LogP contribution in [0.4, 0.5) is 0 Å². The Morgan fingerprint density at radius 1 is 0.914 bits per heavy atom. The maximum atomic E-state index is 13.0. The summed E-state index contributed by atoms with van der Waals surface area (Å²) in [5.41, 5.74) is 6.16. The maximum absolute atomic E-state index is 13.0. The Kier molecular flexibility index (Phi) is 12.4. The molecule has 0 saturated carbocycles. The van der Waals surface area contributed by atoms with E-state index in [1.807, 2.05) is 0 Å². The van der Waals surface area contributed by atoms with Crippen molar-refractivity contribution in [2.75, 3.05) is 6.61 Å². The van der Waals surface area contributed by atoms with Gasteiger partial charge in [-0.1, -0.05) is 50.6 Å². The van der Waals surface area contributed by atoms with E-state index in [1.165, 1.54) is 0 Å². The Balaban J connectivity index is 3.05. The van der Waals surface area contributed by atoms with Crippen molar-refractivity contribution in [3.63, 3.8) is 0 Å². The molecule has 0 aromatic heterocycles. The third-order valence-corrected chi connectivity index (χ3v) is 5.50. The summed E-state index contributed by atoms with van der Waals surface area (Å²) < 4.78 is 0. The average Bonchev–Trinajstić information content (AvgIpc) is 2.83. The number of amides is 3. The molecule has 8 N–H and O–H groups in total. The number of aliphatic hydroxyl groups is 1. The van der Waals surface area contributed by atoms with Crippen LogP contribution in [0, 0.1) is 5.92 Å². The summed E-state index contributed by atoms with van der Waals surface area (Å²) in [6, 6.07) is 3.53. The summed E-state index contributed by atoms with van der Waals surface area (Å²) in [7, 11) is 0. The predicted octanol–water partition coefficient (Wildman–Crippen LogP) is -1.00. The molecule has 12 nitrogen and oxygen atoms in total. The molecule has 1 aromatic rings. The molecule has 3 amide bonds. The van der Waals surface area contributed by atoms with Gasteiger partial charge in [-0.2, -0.15) is 0 Å². The van der Waals surface area contributed by atoms with Gasteiger partial charge in [0.1, 0.15) is 24.2 Å². The van der Waals surface area contributed by atoms with Crippen LogP contribution in [0.5, 0.6) is 0 Å². The van der Waals surface area contributed by atoms with Gasteiger partial charge in [-0.15, -0.1) is 0 Å². The summed E-state index contributed by atoms with van der Waals surface area (Å²) in [6.45, 7) is 2.82. The fourth-order valence-electron chi connectivity index (χ4n) is 3.17. The zero-order chi connectivity index (χ0) is 26.5. The van der Waals surface area contributed by atoms with Gasteiger partial charge in [0, 0.05) is 12.8 Å². The molecule has 0 heterocycles. The van der Waals surface area contributed by atoms with Crippen LogP contribution in [0.2, 0.25) is 0 Å². The second-order valence-electron chi connectivity index (χ2n) is 8.24. The van der Waals surface area contributed by atoms with Gasteiger partial charge < -0.3 is 37.0 Å². The van der Waals surface area contributed by atoms with E-state index in [0.29, 0.717) is 12.0 Å². The van der Waals surface area contributed by atoms with E-state index in [1.54, 1.807) is 44.2 Å². The van der Waals surface area contributed by atoms with Gasteiger partial charge in [0.05, 0.1) is 6.61 Å². The third kappa shape index (κ3) is 10.1. The third-order valence-electron chi connectivity index (χ3n) is 5.50. The molecule has 5 unspecified atom stereocenters. The van der Waals surface area contributed by atoms with Crippen molar-refractivity contribution < 1.29 is 39.3 Å². The lowest BCUT2D eigenvalue weighted by molar-refractivity contribution is -0.143. The molecular formula is C23H34N4O8. The SMILES string of the molecule is CCC(C)C(NC(=O)C(N)CO)C(=O)NC(CCC(=O)O)C(=O)NC(Cc1ccccc1)C(=O)O. The lowest BCUT2D eigenvalue weighted by Crippen LogP contribution is -2.59. The van der Waals surface area contributed by atoms with Crippen LogP contribution in [0.25, 0.3) is 0 Å². The van der Waals surface area contributed by atoms with E-state index >= 15 is 0 Å². The molecule has 0 saturated heterocycles. The first-order valence-electron chi connectivity index (χ1n) is 11.3. The van der Waals surface area contributed by atoms with Crippen LogP contribution in [0.3, 0.4) is 0 Å². The Labute approximate surface area is 203 Å². The number of carboxylic acid groups (broad SMARTS) is 2. The first-order valence-corrected chi connectivity index (χ1v) is 11.3. The molecule has 194 valence electrons. The number of carbonyl (C=O) groups is 5. The van der Waals surface area contributed by atoms with E-state index in [2.05, 4.69) is 16.0 Å². The minimum Gasteiger partial charge on any atom is -0.481 e. The number of carbonyl (C=O) groups excluding carboxylic acids is 3. The van der Waals surface area contributed by atoms with Crippen LogP contribution in [-0.4, -0.2) is 75.8 Å².